The lowest BCUT2D eigenvalue weighted by Crippen LogP contribution is -2.53. The molecule has 0 radical (unpaired) electrons. The molecule has 1 amide bonds. The van der Waals surface area contributed by atoms with Gasteiger partial charge in [0.2, 0.25) is 0 Å². The highest BCUT2D eigenvalue weighted by atomic mass is 35.5. The van der Waals surface area contributed by atoms with Gasteiger partial charge in [-0.05, 0) is 25.1 Å². The van der Waals surface area contributed by atoms with E-state index in [4.69, 9.17) is 28.3 Å². The van der Waals surface area contributed by atoms with E-state index in [2.05, 4.69) is 0 Å². The largest absolute Gasteiger partial charge is 0.480 e. The van der Waals surface area contributed by atoms with Crippen molar-refractivity contribution in [2.45, 2.75) is 13.0 Å². The van der Waals surface area contributed by atoms with Crippen molar-refractivity contribution in [3.05, 3.63) is 33.8 Å². The van der Waals surface area contributed by atoms with Crippen LogP contribution in [-0.2, 0) is 4.79 Å². The molecule has 0 aromatic heterocycles. The maximum absolute atomic E-state index is 12.4. The van der Waals surface area contributed by atoms with Gasteiger partial charge in [-0.15, -0.1) is 0 Å². The monoisotopic (exact) mass is 330 g/mol. The van der Waals surface area contributed by atoms with Gasteiger partial charge in [-0.25, -0.2) is 0 Å². The van der Waals surface area contributed by atoms with Gasteiger partial charge in [0.15, 0.2) is 0 Å². The normalized spacial score (nSPS) is 17.6. The maximum atomic E-state index is 12.4. The fourth-order valence-corrected chi connectivity index (χ4v) is 2.58. The summed E-state index contributed by atoms with van der Waals surface area (Å²) in [6.07, 6.45) is 0. The first-order valence-electron chi connectivity index (χ1n) is 6.61. The molecule has 1 atom stereocenters. The Hall–Kier alpha value is -1.30. The third kappa shape index (κ3) is 3.67. The Kier molecular flexibility index (Phi) is 5.08. The highest BCUT2D eigenvalue weighted by Crippen LogP contribution is 2.23. The van der Waals surface area contributed by atoms with Crippen molar-refractivity contribution in [2.75, 3.05) is 26.2 Å². The Morgan fingerprint density at radius 2 is 1.76 bits per heavy atom. The van der Waals surface area contributed by atoms with E-state index < -0.39 is 12.0 Å². The number of hydrogen-bond acceptors (Lipinski definition) is 3. The number of nitrogens with zero attached hydrogens (tertiary/aromatic N) is 2. The van der Waals surface area contributed by atoms with Crippen molar-refractivity contribution in [1.82, 2.24) is 9.80 Å². The summed E-state index contributed by atoms with van der Waals surface area (Å²) in [5, 5.41) is 9.75. The summed E-state index contributed by atoms with van der Waals surface area (Å²) in [6.45, 7) is 3.73. The Bertz CT molecular complexity index is 557. The molecule has 1 aromatic carbocycles. The molecule has 5 nitrogen and oxygen atoms in total. The quantitative estimate of drug-likeness (QED) is 0.923. The fraction of sp³-hybridized carbons (Fsp3) is 0.429. The van der Waals surface area contributed by atoms with Crippen molar-refractivity contribution in [2.24, 2.45) is 0 Å². The zero-order chi connectivity index (χ0) is 15.6. The summed E-state index contributed by atoms with van der Waals surface area (Å²) in [5.74, 6) is -0.963. The molecule has 2 rings (SSSR count). The highest BCUT2D eigenvalue weighted by molar-refractivity contribution is 6.42. The second-order valence-electron chi connectivity index (χ2n) is 4.97. The van der Waals surface area contributed by atoms with Crippen LogP contribution in [0.3, 0.4) is 0 Å². The molecule has 7 heteroatoms. The molecule has 0 aliphatic carbocycles. The number of benzene rings is 1. The lowest BCUT2D eigenvalue weighted by Gasteiger charge is -2.36. The highest BCUT2D eigenvalue weighted by Gasteiger charge is 2.27. The van der Waals surface area contributed by atoms with Gasteiger partial charge < -0.3 is 10.0 Å². The van der Waals surface area contributed by atoms with Crippen molar-refractivity contribution < 1.29 is 14.7 Å². The van der Waals surface area contributed by atoms with Gasteiger partial charge >= 0.3 is 5.97 Å². The number of carboxylic acid groups (broad SMARTS) is 1. The van der Waals surface area contributed by atoms with E-state index in [0.29, 0.717) is 41.8 Å². The molecule has 1 aliphatic rings. The van der Waals surface area contributed by atoms with E-state index in [0.717, 1.165) is 0 Å². The van der Waals surface area contributed by atoms with Gasteiger partial charge in [-0.3, -0.25) is 14.5 Å². The SMILES string of the molecule is CC(C(=O)O)N1CCN(C(=O)c2ccc(Cl)c(Cl)c2)CC1. The average Bonchev–Trinajstić information content (AvgIpc) is 2.48. The second-order valence-corrected chi connectivity index (χ2v) is 5.79. The summed E-state index contributed by atoms with van der Waals surface area (Å²) in [5.41, 5.74) is 0.490. The predicted octanol–water partition coefficient (Wildman–Crippen LogP) is 2.22. The van der Waals surface area contributed by atoms with Crippen molar-refractivity contribution in [1.29, 1.82) is 0 Å². The summed E-state index contributed by atoms with van der Waals surface area (Å²) in [6, 6.07) is 4.26. The van der Waals surface area contributed by atoms with Crippen LogP contribution in [0.4, 0.5) is 0 Å². The molecule has 1 aliphatic heterocycles. The molecular formula is C14H16Cl2N2O3. The number of amides is 1. The third-order valence-corrected chi connectivity index (χ3v) is 4.41. The first-order chi connectivity index (χ1) is 9.90. The van der Waals surface area contributed by atoms with Crippen LogP contribution in [0.15, 0.2) is 18.2 Å². The van der Waals surface area contributed by atoms with Crippen molar-refractivity contribution in [3.8, 4) is 0 Å². The van der Waals surface area contributed by atoms with E-state index in [1.807, 2.05) is 4.90 Å². The van der Waals surface area contributed by atoms with Gasteiger partial charge in [-0.1, -0.05) is 23.2 Å². The average molecular weight is 331 g/mol. The van der Waals surface area contributed by atoms with E-state index in [1.165, 1.54) is 0 Å². The van der Waals surface area contributed by atoms with Crippen molar-refractivity contribution >= 4 is 35.1 Å². The molecule has 0 bridgehead atoms. The van der Waals surface area contributed by atoms with Gasteiger partial charge in [0.25, 0.3) is 5.91 Å². The lowest BCUT2D eigenvalue weighted by molar-refractivity contribution is -0.143. The number of piperazine rings is 1. The molecule has 0 spiro atoms. The number of carboxylic acids is 1. The van der Waals surface area contributed by atoms with Gasteiger partial charge in [0.1, 0.15) is 6.04 Å². The second kappa shape index (κ2) is 6.64. The Balaban J connectivity index is 2.00. The van der Waals surface area contributed by atoms with Gasteiger partial charge in [0, 0.05) is 31.7 Å². The smallest absolute Gasteiger partial charge is 0.320 e. The molecule has 1 fully saturated rings. The third-order valence-electron chi connectivity index (χ3n) is 3.67. The first kappa shape index (κ1) is 16.1. The molecule has 1 unspecified atom stereocenters. The van der Waals surface area contributed by atoms with Crippen LogP contribution >= 0.6 is 23.2 Å². The summed E-state index contributed by atoms with van der Waals surface area (Å²) < 4.78 is 0. The molecule has 1 N–H and O–H groups in total. The van der Waals surface area contributed by atoms with E-state index in [-0.39, 0.29) is 5.91 Å². The van der Waals surface area contributed by atoms with Crippen LogP contribution < -0.4 is 0 Å². The standard InChI is InChI=1S/C14H16Cl2N2O3/c1-9(14(20)21)17-4-6-18(7-5-17)13(19)10-2-3-11(15)12(16)8-10/h2-3,8-9H,4-7H2,1H3,(H,20,21). The van der Waals surface area contributed by atoms with Crippen LogP contribution in [0.5, 0.6) is 0 Å². The minimum atomic E-state index is -0.848. The Labute approximate surface area is 133 Å². The number of hydrogen-bond donors (Lipinski definition) is 1. The summed E-state index contributed by atoms with van der Waals surface area (Å²) in [7, 11) is 0. The van der Waals surface area contributed by atoms with E-state index in [9.17, 15) is 9.59 Å². The van der Waals surface area contributed by atoms with Crippen LogP contribution in [0, 0.1) is 0 Å². The number of halogens is 2. The molecule has 1 heterocycles. The van der Waals surface area contributed by atoms with Gasteiger partial charge in [0.05, 0.1) is 10.0 Å². The maximum Gasteiger partial charge on any atom is 0.320 e. The lowest BCUT2D eigenvalue weighted by atomic mass is 10.1. The molecule has 0 saturated carbocycles. The zero-order valence-electron chi connectivity index (χ0n) is 11.6. The summed E-state index contributed by atoms with van der Waals surface area (Å²) >= 11 is 11.8. The zero-order valence-corrected chi connectivity index (χ0v) is 13.1. The molecule has 1 saturated heterocycles. The summed E-state index contributed by atoms with van der Waals surface area (Å²) in [4.78, 5) is 26.9. The van der Waals surface area contributed by atoms with E-state index >= 15 is 0 Å². The minimum absolute atomic E-state index is 0.115. The van der Waals surface area contributed by atoms with Crippen molar-refractivity contribution in [3.63, 3.8) is 0 Å². The van der Waals surface area contributed by atoms with Crippen LogP contribution in [-0.4, -0.2) is 59.0 Å². The van der Waals surface area contributed by atoms with Crippen LogP contribution in [0.1, 0.15) is 17.3 Å². The molecular weight excluding hydrogens is 315 g/mol. The molecule has 21 heavy (non-hydrogen) atoms. The van der Waals surface area contributed by atoms with Crippen LogP contribution in [0.25, 0.3) is 0 Å². The number of rotatable bonds is 3. The Morgan fingerprint density at radius 1 is 1.14 bits per heavy atom. The number of aliphatic carboxylic acids is 1. The number of carbonyl (C=O) groups excluding carboxylic acids is 1. The first-order valence-corrected chi connectivity index (χ1v) is 7.37. The van der Waals surface area contributed by atoms with E-state index in [1.54, 1.807) is 30.0 Å². The van der Waals surface area contributed by atoms with Gasteiger partial charge in [-0.2, -0.15) is 0 Å². The minimum Gasteiger partial charge on any atom is -0.480 e. The number of carbonyl (C=O) groups is 2. The topological polar surface area (TPSA) is 60.9 Å². The predicted molar refractivity (Wildman–Crippen MR) is 81.0 cm³/mol. The van der Waals surface area contributed by atoms with Crippen LogP contribution in [0.2, 0.25) is 10.0 Å². The molecule has 1 aromatic rings. The Morgan fingerprint density at radius 3 is 2.29 bits per heavy atom. The fourth-order valence-electron chi connectivity index (χ4n) is 2.28. The molecule has 114 valence electrons.